The van der Waals surface area contributed by atoms with Crippen LogP contribution in [0.5, 0.6) is 0 Å². The second kappa shape index (κ2) is 6.57. The van der Waals surface area contributed by atoms with Gasteiger partial charge in [-0.3, -0.25) is 0 Å². The summed E-state index contributed by atoms with van der Waals surface area (Å²) in [7, 11) is -2.84. The zero-order valence-electron chi connectivity index (χ0n) is 10.0. The maximum Gasteiger partial charge on any atom is 0.150 e. The summed E-state index contributed by atoms with van der Waals surface area (Å²) in [4.78, 5) is 0. The fourth-order valence-corrected chi connectivity index (χ4v) is 3.00. The third-order valence-corrected chi connectivity index (χ3v) is 5.05. The van der Waals surface area contributed by atoms with Crippen molar-refractivity contribution in [1.82, 2.24) is 0 Å². The molecule has 0 radical (unpaired) electrons. The fourth-order valence-electron chi connectivity index (χ4n) is 2.15. The lowest BCUT2D eigenvalue weighted by Crippen LogP contribution is -2.26. The second-order valence-corrected chi connectivity index (χ2v) is 6.90. The minimum Gasteiger partial charge on any atom is -0.378 e. The number of hydrogen-bond acceptors (Lipinski definition) is 4. The van der Waals surface area contributed by atoms with E-state index in [9.17, 15) is 8.42 Å². The molecule has 0 aromatic heterocycles. The molecule has 0 amide bonds. The molecular weight excluding hydrogens is 226 g/mol. The van der Waals surface area contributed by atoms with E-state index in [1.54, 1.807) is 6.92 Å². The van der Waals surface area contributed by atoms with E-state index in [1.165, 1.54) is 6.42 Å². The van der Waals surface area contributed by atoms with E-state index in [0.717, 1.165) is 12.8 Å². The van der Waals surface area contributed by atoms with Crippen LogP contribution < -0.4 is 5.73 Å². The van der Waals surface area contributed by atoms with E-state index in [4.69, 9.17) is 10.5 Å². The van der Waals surface area contributed by atoms with E-state index >= 15 is 0 Å². The molecule has 1 aliphatic carbocycles. The van der Waals surface area contributed by atoms with Gasteiger partial charge in [-0.15, -0.1) is 0 Å². The van der Waals surface area contributed by atoms with Gasteiger partial charge in [0.25, 0.3) is 0 Å². The molecule has 1 aliphatic rings. The Morgan fingerprint density at radius 1 is 1.38 bits per heavy atom. The fraction of sp³-hybridized carbons (Fsp3) is 1.00. The summed E-state index contributed by atoms with van der Waals surface area (Å²) in [6.45, 7) is 2.90. The van der Waals surface area contributed by atoms with Crippen LogP contribution in [0.2, 0.25) is 0 Å². The molecule has 2 N–H and O–H groups in total. The van der Waals surface area contributed by atoms with Crippen LogP contribution in [-0.4, -0.2) is 39.2 Å². The predicted octanol–water partition coefficient (Wildman–Crippen LogP) is 0.955. The second-order valence-electron chi connectivity index (χ2n) is 4.43. The summed E-state index contributed by atoms with van der Waals surface area (Å²) >= 11 is 0. The van der Waals surface area contributed by atoms with E-state index in [0.29, 0.717) is 25.5 Å². The summed E-state index contributed by atoms with van der Waals surface area (Å²) in [6, 6.07) is 0. The Morgan fingerprint density at radius 3 is 2.75 bits per heavy atom. The standard InChI is InChI=1S/C11H23NO3S/c1-2-16(13,14)8-4-7-15-11-6-3-5-10(11)9-12/h10-11H,2-9,12H2,1H3. The molecule has 0 aromatic carbocycles. The molecule has 0 aliphatic heterocycles. The maximum atomic E-state index is 11.2. The molecule has 0 bridgehead atoms. The Morgan fingerprint density at radius 2 is 2.12 bits per heavy atom. The zero-order chi connectivity index (χ0) is 12.0. The number of nitrogens with two attached hydrogens (primary N) is 1. The molecular formula is C11H23NO3S. The van der Waals surface area contributed by atoms with E-state index < -0.39 is 9.84 Å². The summed E-state index contributed by atoms with van der Waals surface area (Å²) < 4.78 is 28.2. The highest BCUT2D eigenvalue weighted by molar-refractivity contribution is 7.91. The number of rotatable bonds is 7. The van der Waals surface area contributed by atoms with Crippen molar-refractivity contribution in [2.75, 3.05) is 24.7 Å². The minimum absolute atomic E-state index is 0.224. The highest BCUT2D eigenvalue weighted by Gasteiger charge is 2.26. The van der Waals surface area contributed by atoms with Crippen LogP contribution in [0.3, 0.4) is 0 Å². The van der Waals surface area contributed by atoms with Gasteiger partial charge in [0, 0.05) is 12.4 Å². The van der Waals surface area contributed by atoms with Crippen molar-refractivity contribution < 1.29 is 13.2 Å². The SMILES string of the molecule is CCS(=O)(=O)CCCOC1CCCC1CN. The molecule has 0 heterocycles. The molecule has 96 valence electrons. The van der Waals surface area contributed by atoms with Gasteiger partial charge in [-0.2, -0.15) is 0 Å². The Kier molecular flexibility index (Phi) is 5.72. The first-order valence-corrected chi connectivity index (χ1v) is 7.93. The van der Waals surface area contributed by atoms with Crippen molar-refractivity contribution in [2.24, 2.45) is 11.7 Å². The molecule has 5 heteroatoms. The molecule has 2 unspecified atom stereocenters. The first-order chi connectivity index (χ1) is 7.59. The summed E-state index contributed by atoms with van der Waals surface area (Å²) in [5, 5.41) is 0. The van der Waals surface area contributed by atoms with Crippen LogP contribution in [0, 0.1) is 5.92 Å². The number of ether oxygens (including phenoxy) is 1. The largest absolute Gasteiger partial charge is 0.378 e. The summed E-state index contributed by atoms with van der Waals surface area (Å²) in [5.74, 6) is 0.938. The van der Waals surface area contributed by atoms with Crippen LogP contribution in [0.15, 0.2) is 0 Å². The highest BCUT2D eigenvalue weighted by Crippen LogP contribution is 2.27. The third-order valence-electron chi connectivity index (χ3n) is 3.26. The van der Waals surface area contributed by atoms with Gasteiger partial charge in [-0.05, 0) is 31.7 Å². The van der Waals surface area contributed by atoms with Crippen molar-refractivity contribution in [3.05, 3.63) is 0 Å². The molecule has 1 saturated carbocycles. The zero-order valence-corrected chi connectivity index (χ0v) is 10.8. The monoisotopic (exact) mass is 249 g/mol. The lowest BCUT2D eigenvalue weighted by atomic mass is 10.1. The Bertz CT molecular complexity index is 290. The molecule has 0 aromatic rings. The van der Waals surface area contributed by atoms with Crippen molar-refractivity contribution >= 4 is 9.84 Å². The van der Waals surface area contributed by atoms with Crippen LogP contribution in [0.25, 0.3) is 0 Å². The molecule has 1 rings (SSSR count). The van der Waals surface area contributed by atoms with Gasteiger partial charge in [0.15, 0.2) is 0 Å². The number of hydrogen-bond donors (Lipinski definition) is 1. The third kappa shape index (κ3) is 4.39. The molecule has 0 spiro atoms. The number of sulfone groups is 1. The van der Waals surface area contributed by atoms with Crippen LogP contribution >= 0.6 is 0 Å². The average molecular weight is 249 g/mol. The smallest absolute Gasteiger partial charge is 0.150 e. The lowest BCUT2D eigenvalue weighted by Gasteiger charge is -2.18. The van der Waals surface area contributed by atoms with Gasteiger partial charge in [-0.1, -0.05) is 13.3 Å². The van der Waals surface area contributed by atoms with E-state index in [1.807, 2.05) is 0 Å². The first-order valence-electron chi connectivity index (χ1n) is 6.11. The minimum atomic E-state index is -2.84. The molecule has 0 saturated heterocycles. The summed E-state index contributed by atoms with van der Waals surface area (Å²) in [6.07, 6.45) is 4.26. The lowest BCUT2D eigenvalue weighted by molar-refractivity contribution is 0.0308. The van der Waals surface area contributed by atoms with Gasteiger partial charge in [0.1, 0.15) is 9.84 Å². The topological polar surface area (TPSA) is 69.4 Å². The Hall–Kier alpha value is -0.130. The highest BCUT2D eigenvalue weighted by atomic mass is 32.2. The van der Waals surface area contributed by atoms with Crippen LogP contribution in [0.4, 0.5) is 0 Å². The van der Waals surface area contributed by atoms with Gasteiger partial charge in [0.05, 0.1) is 11.9 Å². The first kappa shape index (κ1) is 13.9. The Balaban J connectivity index is 2.16. The van der Waals surface area contributed by atoms with Gasteiger partial charge in [0.2, 0.25) is 0 Å². The van der Waals surface area contributed by atoms with Gasteiger partial charge in [-0.25, -0.2) is 8.42 Å². The molecule has 1 fully saturated rings. The van der Waals surface area contributed by atoms with Crippen molar-refractivity contribution in [2.45, 2.75) is 38.7 Å². The molecule has 4 nitrogen and oxygen atoms in total. The maximum absolute atomic E-state index is 11.2. The predicted molar refractivity (Wildman–Crippen MR) is 65.1 cm³/mol. The molecule has 16 heavy (non-hydrogen) atoms. The van der Waals surface area contributed by atoms with Crippen molar-refractivity contribution in [1.29, 1.82) is 0 Å². The van der Waals surface area contributed by atoms with Crippen LogP contribution in [-0.2, 0) is 14.6 Å². The average Bonchev–Trinajstić information content (AvgIpc) is 2.72. The molecule has 2 atom stereocenters. The van der Waals surface area contributed by atoms with Crippen molar-refractivity contribution in [3.63, 3.8) is 0 Å². The van der Waals surface area contributed by atoms with Gasteiger partial charge < -0.3 is 10.5 Å². The normalized spacial score (nSPS) is 26.1. The van der Waals surface area contributed by atoms with E-state index in [-0.39, 0.29) is 17.6 Å². The summed E-state index contributed by atoms with van der Waals surface area (Å²) in [5.41, 5.74) is 5.64. The van der Waals surface area contributed by atoms with Crippen LogP contribution in [0.1, 0.15) is 32.6 Å². The van der Waals surface area contributed by atoms with Gasteiger partial charge >= 0.3 is 0 Å². The van der Waals surface area contributed by atoms with E-state index in [2.05, 4.69) is 0 Å². The quantitative estimate of drug-likeness (QED) is 0.682. The van der Waals surface area contributed by atoms with Crippen molar-refractivity contribution in [3.8, 4) is 0 Å². The Labute approximate surface area is 98.5 Å².